The van der Waals surface area contributed by atoms with Crippen LogP contribution in [-0.4, -0.2) is 20.1 Å². The van der Waals surface area contributed by atoms with Gasteiger partial charge in [0, 0.05) is 35.3 Å². The first kappa shape index (κ1) is 10.7. The smallest absolute Gasteiger partial charge is 0.117 e. The van der Waals surface area contributed by atoms with Gasteiger partial charge in [-0.2, -0.15) is 0 Å². The molecular formula is C13H12N4O. The van der Waals surface area contributed by atoms with E-state index in [1.54, 1.807) is 24.5 Å². The highest BCUT2D eigenvalue weighted by Crippen LogP contribution is 2.28. The molecule has 3 aromatic rings. The minimum absolute atomic E-state index is 0.237. The van der Waals surface area contributed by atoms with E-state index in [0.717, 1.165) is 27.9 Å². The van der Waals surface area contributed by atoms with Crippen molar-refractivity contribution in [2.45, 2.75) is 6.54 Å². The molecule has 0 atom stereocenters. The Hall–Kier alpha value is -2.40. The second-order valence-electron chi connectivity index (χ2n) is 4.03. The molecule has 5 heteroatoms. The summed E-state index contributed by atoms with van der Waals surface area (Å²) in [6.07, 6.45) is 5.24. The SMILES string of the molecule is NCc1cnc(-c2c[nH]c3cc(O)ccc23)cn1. The molecule has 18 heavy (non-hydrogen) atoms. The van der Waals surface area contributed by atoms with Crippen molar-refractivity contribution in [3.8, 4) is 17.0 Å². The molecule has 90 valence electrons. The molecule has 4 N–H and O–H groups in total. The van der Waals surface area contributed by atoms with Gasteiger partial charge in [0.25, 0.3) is 0 Å². The van der Waals surface area contributed by atoms with E-state index in [1.807, 2.05) is 12.3 Å². The molecule has 0 unspecified atom stereocenters. The van der Waals surface area contributed by atoms with E-state index >= 15 is 0 Å². The third-order valence-corrected chi connectivity index (χ3v) is 2.86. The van der Waals surface area contributed by atoms with Crippen molar-refractivity contribution in [3.05, 3.63) is 42.5 Å². The van der Waals surface area contributed by atoms with Gasteiger partial charge in [0.15, 0.2) is 0 Å². The molecule has 1 aromatic carbocycles. The van der Waals surface area contributed by atoms with Crippen LogP contribution in [0.15, 0.2) is 36.8 Å². The van der Waals surface area contributed by atoms with E-state index in [0.29, 0.717) is 6.54 Å². The summed E-state index contributed by atoms with van der Waals surface area (Å²) >= 11 is 0. The number of nitrogens with two attached hydrogens (primary N) is 1. The molecule has 0 radical (unpaired) electrons. The normalized spacial score (nSPS) is 10.9. The topological polar surface area (TPSA) is 87.8 Å². The number of fused-ring (bicyclic) bond motifs is 1. The first-order valence-electron chi connectivity index (χ1n) is 5.59. The first-order chi connectivity index (χ1) is 8.78. The van der Waals surface area contributed by atoms with Crippen LogP contribution in [0.4, 0.5) is 0 Å². The largest absolute Gasteiger partial charge is 0.508 e. The second kappa shape index (κ2) is 4.12. The maximum Gasteiger partial charge on any atom is 0.117 e. The van der Waals surface area contributed by atoms with Crippen molar-refractivity contribution in [2.75, 3.05) is 0 Å². The minimum atomic E-state index is 0.237. The van der Waals surface area contributed by atoms with E-state index in [2.05, 4.69) is 15.0 Å². The molecule has 3 rings (SSSR count). The number of rotatable bonds is 2. The van der Waals surface area contributed by atoms with Crippen LogP contribution in [0, 0.1) is 0 Å². The van der Waals surface area contributed by atoms with Crippen LogP contribution in [-0.2, 0) is 6.54 Å². The van der Waals surface area contributed by atoms with E-state index in [9.17, 15) is 5.11 Å². The number of aromatic hydroxyl groups is 1. The molecule has 0 saturated carbocycles. The molecule has 5 nitrogen and oxygen atoms in total. The number of phenols is 1. The second-order valence-corrected chi connectivity index (χ2v) is 4.03. The van der Waals surface area contributed by atoms with Gasteiger partial charge in [-0.1, -0.05) is 0 Å². The van der Waals surface area contributed by atoms with E-state index in [4.69, 9.17) is 5.73 Å². The number of aromatic amines is 1. The van der Waals surface area contributed by atoms with Gasteiger partial charge in [0.05, 0.1) is 23.8 Å². The molecule has 0 aliphatic rings. The highest BCUT2D eigenvalue weighted by molar-refractivity contribution is 5.95. The number of aromatic nitrogens is 3. The van der Waals surface area contributed by atoms with E-state index in [-0.39, 0.29) is 5.75 Å². The lowest BCUT2D eigenvalue weighted by Gasteiger charge is -2.00. The van der Waals surface area contributed by atoms with Gasteiger partial charge in [0.1, 0.15) is 5.75 Å². The number of nitrogens with one attached hydrogen (secondary N) is 1. The lowest BCUT2D eigenvalue weighted by Crippen LogP contribution is -2.00. The van der Waals surface area contributed by atoms with Crippen molar-refractivity contribution < 1.29 is 5.11 Å². The van der Waals surface area contributed by atoms with Gasteiger partial charge < -0.3 is 15.8 Å². The molecule has 0 aliphatic heterocycles. The molecule has 0 bridgehead atoms. The quantitative estimate of drug-likeness (QED) is 0.637. The molecule has 0 aliphatic carbocycles. The summed E-state index contributed by atoms with van der Waals surface area (Å²) in [6.45, 7) is 0.384. The number of phenolic OH excluding ortho intramolecular Hbond substituents is 1. The van der Waals surface area contributed by atoms with Crippen LogP contribution < -0.4 is 5.73 Å². The van der Waals surface area contributed by atoms with Crippen molar-refractivity contribution in [2.24, 2.45) is 5.73 Å². The Morgan fingerprint density at radius 2 is 2.11 bits per heavy atom. The summed E-state index contributed by atoms with van der Waals surface area (Å²) in [5.74, 6) is 0.237. The lowest BCUT2D eigenvalue weighted by molar-refractivity contribution is 0.476. The molecule has 2 heterocycles. The lowest BCUT2D eigenvalue weighted by atomic mass is 10.1. The Kier molecular flexibility index (Phi) is 2.46. The summed E-state index contributed by atoms with van der Waals surface area (Å²) in [5.41, 5.74) is 8.86. The van der Waals surface area contributed by atoms with Gasteiger partial charge in [-0.05, 0) is 12.1 Å². The highest BCUT2D eigenvalue weighted by Gasteiger charge is 2.08. The van der Waals surface area contributed by atoms with E-state index in [1.165, 1.54) is 0 Å². The van der Waals surface area contributed by atoms with Crippen LogP contribution in [0.1, 0.15) is 5.69 Å². The standard InChI is InChI=1S/C13H12N4O/c14-4-8-5-16-13(7-15-8)11-6-17-12-3-9(18)1-2-10(11)12/h1-3,5-7,17-18H,4,14H2. The molecule has 0 saturated heterocycles. The van der Waals surface area contributed by atoms with Crippen molar-refractivity contribution >= 4 is 10.9 Å². The van der Waals surface area contributed by atoms with Crippen molar-refractivity contribution in [1.29, 1.82) is 0 Å². The fourth-order valence-electron chi connectivity index (χ4n) is 1.93. The Morgan fingerprint density at radius 3 is 2.83 bits per heavy atom. The van der Waals surface area contributed by atoms with Crippen LogP contribution in [0.3, 0.4) is 0 Å². The summed E-state index contributed by atoms with van der Waals surface area (Å²) in [5, 5.41) is 10.4. The average molecular weight is 240 g/mol. The molecule has 0 spiro atoms. The third kappa shape index (κ3) is 1.70. The molecule has 0 fully saturated rings. The van der Waals surface area contributed by atoms with Gasteiger partial charge in [0.2, 0.25) is 0 Å². The number of benzene rings is 1. The van der Waals surface area contributed by atoms with Gasteiger partial charge in [-0.25, -0.2) is 0 Å². The number of nitrogens with zero attached hydrogens (tertiary/aromatic N) is 2. The molecule has 0 amide bonds. The zero-order chi connectivity index (χ0) is 12.5. The Morgan fingerprint density at radius 1 is 1.22 bits per heavy atom. The zero-order valence-corrected chi connectivity index (χ0v) is 9.59. The summed E-state index contributed by atoms with van der Waals surface area (Å²) < 4.78 is 0. The predicted molar refractivity (Wildman–Crippen MR) is 68.9 cm³/mol. The van der Waals surface area contributed by atoms with Crippen LogP contribution in [0.5, 0.6) is 5.75 Å². The number of H-pyrrole nitrogens is 1. The average Bonchev–Trinajstić information content (AvgIpc) is 2.81. The number of hydrogen-bond acceptors (Lipinski definition) is 4. The monoisotopic (exact) mass is 240 g/mol. The maximum atomic E-state index is 9.42. The van der Waals surface area contributed by atoms with Crippen molar-refractivity contribution in [3.63, 3.8) is 0 Å². The Balaban J connectivity index is 2.13. The minimum Gasteiger partial charge on any atom is -0.508 e. The summed E-state index contributed by atoms with van der Waals surface area (Å²) in [6, 6.07) is 5.19. The fraction of sp³-hybridized carbons (Fsp3) is 0.0769. The van der Waals surface area contributed by atoms with E-state index < -0.39 is 0 Å². The highest BCUT2D eigenvalue weighted by atomic mass is 16.3. The van der Waals surface area contributed by atoms with Crippen LogP contribution in [0.2, 0.25) is 0 Å². The Labute approximate surface area is 103 Å². The van der Waals surface area contributed by atoms with Gasteiger partial charge in [-0.3, -0.25) is 9.97 Å². The summed E-state index contributed by atoms with van der Waals surface area (Å²) in [7, 11) is 0. The Bertz CT molecular complexity index is 688. The fourth-order valence-corrected chi connectivity index (χ4v) is 1.93. The van der Waals surface area contributed by atoms with Crippen LogP contribution in [0.25, 0.3) is 22.2 Å². The zero-order valence-electron chi connectivity index (χ0n) is 9.59. The van der Waals surface area contributed by atoms with Gasteiger partial charge >= 0.3 is 0 Å². The number of hydrogen-bond donors (Lipinski definition) is 3. The first-order valence-corrected chi connectivity index (χ1v) is 5.59. The third-order valence-electron chi connectivity index (χ3n) is 2.86. The van der Waals surface area contributed by atoms with Crippen molar-refractivity contribution in [1.82, 2.24) is 15.0 Å². The van der Waals surface area contributed by atoms with Crippen LogP contribution >= 0.6 is 0 Å². The molecule has 2 aromatic heterocycles. The predicted octanol–water partition coefficient (Wildman–Crippen LogP) is 1.79. The summed E-state index contributed by atoms with van der Waals surface area (Å²) in [4.78, 5) is 11.7. The molecular weight excluding hydrogens is 228 g/mol. The maximum absolute atomic E-state index is 9.42. The van der Waals surface area contributed by atoms with Gasteiger partial charge in [-0.15, -0.1) is 0 Å².